The summed E-state index contributed by atoms with van der Waals surface area (Å²) in [5, 5.41) is 9.69. The van der Waals surface area contributed by atoms with E-state index in [4.69, 9.17) is 4.74 Å². The lowest BCUT2D eigenvalue weighted by Crippen LogP contribution is -2.29. The molecule has 2 unspecified atom stereocenters. The molecule has 0 aromatic heterocycles. The summed E-state index contributed by atoms with van der Waals surface area (Å²) in [4.78, 5) is 1.90. The second-order valence-corrected chi connectivity index (χ2v) is 3.46. The molecular weight excluding hydrogens is 178 g/mol. The van der Waals surface area contributed by atoms with E-state index in [2.05, 4.69) is 0 Å². The van der Waals surface area contributed by atoms with E-state index in [1.54, 1.807) is 0 Å². The van der Waals surface area contributed by atoms with Gasteiger partial charge in [0, 0.05) is 5.56 Å². The number of rotatable bonds is 4. The van der Waals surface area contributed by atoms with Crippen molar-refractivity contribution in [2.75, 3.05) is 14.1 Å². The molecule has 0 saturated heterocycles. The number of hydrogen-bond acceptors (Lipinski definition) is 3. The summed E-state index contributed by atoms with van der Waals surface area (Å²) < 4.78 is 5.38. The lowest BCUT2D eigenvalue weighted by Gasteiger charge is -2.23. The number of ether oxygens (including phenoxy) is 1. The summed E-state index contributed by atoms with van der Waals surface area (Å²) in [6.07, 6.45) is -0.959. The molecule has 1 aromatic rings. The first-order valence-corrected chi connectivity index (χ1v) is 4.66. The SMILES string of the molecule is CC(OC(O)c1ccccc1)N(C)C. The quantitative estimate of drug-likeness (QED) is 0.741. The Hall–Kier alpha value is -0.900. The normalized spacial score (nSPS) is 15.5. The Labute approximate surface area is 84.9 Å². The van der Waals surface area contributed by atoms with Gasteiger partial charge in [-0.1, -0.05) is 30.3 Å². The average Bonchev–Trinajstić information content (AvgIpc) is 2.19. The summed E-state index contributed by atoms with van der Waals surface area (Å²) in [6.45, 7) is 1.90. The number of benzene rings is 1. The van der Waals surface area contributed by atoms with Crippen molar-refractivity contribution in [2.24, 2.45) is 0 Å². The molecule has 0 aliphatic rings. The zero-order valence-corrected chi connectivity index (χ0v) is 8.84. The Balaban J connectivity index is 2.55. The van der Waals surface area contributed by atoms with Gasteiger partial charge >= 0.3 is 0 Å². The van der Waals surface area contributed by atoms with Crippen molar-refractivity contribution in [3.05, 3.63) is 35.9 Å². The summed E-state index contributed by atoms with van der Waals surface area (Å²) in [6, 6.07) is 9.34. The van der Waals surface area contributed by atoms with Gasteiger partial charge in [0.1, 0.15) is 6.23 Å². The molecule has 1 N–H and O–H groups in total. The third-order valence-corrected chi connectivity index (χ3v) is 2.14. The van der Waals surface area contributed by atoms with Crippen LogP contribution in [-0.2, 0) is 4.74 Å². The van der Waals surface area contributed by atoms with Crippen molar-refractivity contribution >= 4 is 0 Å². The fraction of sp³-hybridized carbons (Fsp3) is 0.455. The van der Waals surface area contributed by atoms with E-state index < -0.39 is 6.29 Å². The molecule has 1 aromatic carbocycles. The van der Waals surface area contributed by atoms with Crippen LogP contribution in [0.1, 0.15) is 18.8 Å². The predicted molar refractivity (Wildman–Crippen MR) is 55.6 cm³/mol. The highest BCUT2D eigenvalue weighted by molar-refractivity contribution is 5.15. The zero-order valence-electron chi connectivity index (χ0n) is 8.84. The highest BCUT2D eigenvalue weighted by Gasteiger charge is 2.12. The van der Waals surface area contributed by atoms with Gasteiger partial charge in [0.2, 0.25) is 0 Å². The summed E-state index contributed by atoms with van der Waals surface area (Å²) in [7, 11) is 3.81. The van der Waals surface area contributed by atoms with Crippen molar-refractivity contribution in [1.82, 2.24) is 4.90 Å². The average molecular weight is 195 g/mol. The van der Waals surface area contributed by atoms with Crippen LogP contribution >= 0.6 is 0 Å². The molecule has 0 amide bonds. The van der Waals surface area contributed by atoms with Gasteiger partial charge < -0.3 is 9.84 Å². The van der Waals surface area contributed by atoms with Gasteiger partial charge in [-0.2, -0.15) is 0 Å². The molecule has 0 spiro atoms. The van der Waals surface area contributed by atoms with E-state index in [-0.39, 0.29) is 6.23 Å². The first kappa shape index (κ1) is 11.2. The van der Waals surface area contributed by atoms with Crippen LogP contribution in [0, 0.1) is 0 Å². The van der Waals surface area contributed by atoms with Crippen molar-refractivity contribution in [3.63, 3.8) is 0 Å². The summed E-state index contributed by atoms with van der Waals surface area (Å²) in [5.41, 5.74) is 0.779. The molecule has 3 heteroatoms. The topological polar surface area (TPSA) is 32.7 Å². The van der Waals surface area contributed by atoms with Crippen molar-refractivity contribution in [3.8, 4) is 0 Å². The molecule has 0 heterocycles. The largest absolute Gasteiger partial charge is 0.364 e. The molecule has 0 fully saturated rings. The molecule has 0 saturated carbocycles. The third kappa shape index (κ3) is 3.10. The first-order chi connectivity index (χ1) is 6.61. The van der Waals surface area contributed by atoms with Gasteiger partial charge in [0.05, 0.1) is 0 Å². The summed E-state index contributed by atoms with van der Waals surface area (Å²) >= 11 is 0. The minimum absolute atomic E-state index is 0.106. The van der Waals surface area contributed by atoms with E-state index in [1.807, 2.05) is 56.3 Å². The van der Waals surface area contributed by atoms with Crippen molar-refractivity contribution in [2.45, 2.75) is 19.4 Å². The van der Waals surface area contributed by atoms with E-state index in [9.17, 15) is 5.11 Å². The van der Waals surface area contributed by atoms with Gasteiger partial charge in [-0.3, -0.25) is 4.90 Å². The maximum atomic E-state index is 9.69. The van der Waals surface area contributed by atoms with Gasteiger partial charge in [0.15, 0.2) is 6.29 Å². The Morgan fingerprint density at radius 3 is 2.29 bits per heavy atom. The number of aliphatic hydroxyl groups is 1. The monoisotopic (exact) mass is 195 g/mol. The highest BCUT2D eigenvalue weighted by atomic mass is 16.6. The maximum Gasteiger partial charge on any atom is 0.183 e. The smallest absolute Gasteiger partial charge is 0.183 e. The van der Waals surface area contributed by atoms with Crippen molar-refractivity contribution < 1.29 is 9.84 Å². The molecular formula is C11H17NO2. The number of hydrogen-bond donors (Lipinski definition) is 1. The third-order valence-electron chi connectivity index (χ3n) is 2.14. The van der Waals surface area contributed by atoms with Crippen LogP contribution in [-0.4, -0.2) is 30.3 Å². The van der Waals surface area contributed by atoms with Gasteiger partial charge in [-0.15, -0.1) is 0 Å². The second-order valence-electron chi connectivity index (χ2n) is 3.46. The van der Waals surface area contributed by atoms with E-state index >= 15 is 0 Å². The lowest BCUT2D eigenvalue weighted by molar-refractivity contribution is -0.170. The Morgan fingerprint density at radius 1 is 1.21 bits per heavy atom. The van der Waals surface area contributed by atoms with E-state index in [1.165, 1.54) is 0 Å². The predicted octanol–water partition coefficient (Wildman–Crippen LogP) is 1.60. The Morgan fingerprint density at radius 2 is 1.79 bits per heavy atom. The molecule has 0 bridgehead atoms. The highest BCUT2D eigenvalue weighted by Crippen LogP contribution is 2.15. The van der Waals surface area contributed by atoms with Crippen LogP contribution in [0.25, 0.3) is 0 Å². The molecule has 0 aliphatic carbocycles. The molecule has 0 radical (unpaired) electrons. The Bertz CT molecular complexity index is 261. The summed E-state index contributed by atoms with van der Waals surface area (Å²) in [5.74, 6) is 0. The number of aliphatic hydroxyl groups excluding tert-OH is 1. The number of nitrogens with zero attached hydrogens (tertiary/aromatic N) is 1. The molecule has 78 valence electrons. The molecule has 14 heavy (non-hydrogen) atoms. The van der Waals surface area contributed by atoms with Crippen LogP contribution in [0.3, 0.4) is 0 Å². The van der Waals surface area contributed by atoms with Crippen LogP contribution in [0.2, 0.25) is 0 Å². The van der Waals surface area contributed by atoms with Crippen LogP contribution in [0.15, 0.2) is 30.3 Å². The minimum Gasteiger partial charge on any atom is -0.364 e. The van der Waals surface area contributed by atoms with Gasteiger partial charge in [-0.25, -0.2) is 0 Å². The lowest BCUT2D eigenvalue weighted by atomic mass is 10.2. The van der Waals surface area contributed by atoms with E-state index in [0.29, 0.717) is 0 Å². The maximum absolute atomic E-state index is 9.69. The van der Waals surface area contributed by atoms with Gasteiger partial charge in [-0.05, 0) is 21.0 Å². The molecule has 2 atom stereocenters. The minimum atomic E-state index is -0.853. The fourth-order valence-electron chi connectivity index (χ4n) is 1.00. The van der Waals surface area contributed by atoms with Crippen molar-refractivity contribution in [1.29, 1.82) is 0 Å². The fourth-order valence-corrected chi connectivity index (χ4v) is 1.00. The zero-order chi connectivity index (χ0) is 10.6. The molecule has 3 nitrogen and oxygen atoms in total. The van der Waals surface area contributed by atoms with Gasteiger partial charge in [0.25, 0.3) is 0 Å². The van der Waals surface area contributed by atoms with E-state index in [0.717, 1.165) is 5.56 Å². The standard InChI is InChI=1S/C11H17NO2/c1-9(12(2)3)14-11(13)10-7-5-4-6-8-10/h4-9,11,13H,1-3H3. The Kier molecular flexibility index (Phi) is 4.07. The first-order valence-electron chi connectivity index (χ1n) is 4.66. The molecule has 1 rings (SSSR count). The van der Waals surface area contributed by atoms with Crippen LogP contribution in [0.5, 0.6) is 0 Å². The van der Waals surface area contributed by atoms with Crippen LogP contribution < -0.4 is 0 Å². The molecule has 0 aliphatic heterocycles. The van der Waals surface area contributed by atoms with Crippen LogP contribution in [0.4, 0.5) is 0 Å². The second kappa shape index (κ2) is 5.10.